The third-order valence-electron chi connectivity index (χ3n) is 3.59. The minimum atomic E-state index is 0.587. The summed E-state index contributed by atoms with van der Waals surface area (Å²) in [5, 5.41) is 1.82. The smallest absolute Gasteiger partial charge is 0.140 e. The molecule has 1 atom stereocenters. The number of rotatable bonds is 3. The molecule has 19 heavy (non-hydrogen) atoms. The van der Waals surface area contributed by atoms with E-state index in [1.54, 1.807) is 6.33 Å². The van der Waals surface area contributed by atoms with Crippen LogP contribution in [0.5, 0.6) is 0 Å². The van der Waals surface area contributed by atoms with Gasteiger partial charge in [0, 0.05) is 28.7 Å². The number of aromatic nitrogens is 2. The van der Waals surface area contributed by atoms with E-state index < -0.39 is 0 Å². The van der Waals surface area contributed by atoms with E-state index in [1.807, 2.05) is 30.0 Å². The minimum absolute atomic E-state index is 0.587. The highest BCUT2D eigenvalue weighted by Crippen LogP contribution is 2.31. The second kappa shape index (κ2) is 5.55. The first-order chi connectivity index (χ1) is 9.29. The number of halogens is 1. The maximum atomic E-state index is 6.03. The Morgan fingerprint density at radius 2 is 2.32 bits per heavy atom. The minimum Gasteiger partial charge on any atom is -0.352 e. The predicted octanol–water partition coefficient (Wildman–Crippen LogP) is 3.62. The van der Waals surface area contributed by atoms with Gasteiger partial charge in [-0.3, -0.25) is 0 Å². The van der Waals surface area contributed by atoms with Crippen molar-refractivity contribution < 1.29 is 0 Å². The molecule has 1 aromatic carbocycles. The molecule has 1 fully saturated rings. The number of thioether (sulfide) groups is 1. The first-order valence-corrected chi connectivity index (χ1v) is 8.22. The zero-order chi connectivity index (χ0) is 13.2. The molecular formula is C14H16ClN3S. The number of benzene rings is 1. The van der Waals surface area contributed by atoms with E-state index in [4.69, 9.17) is 11.6 Å². The van der Waals surface area contributed by atoms with E-state index in [0.717, 1.165) is 34.0 Å². The van der Waals surface area contributed by atoms with E-state index in [2.05, 4.69) is 21.1 Å². The summed E-state index contributed by atoms with van der Waals surface area (Å²) in [5.41, 5.74) is 0.923. The fraction of sp³-hybridized carbons (Fsp3) is 0.429. The molecule has 0 saturated carbocycles. The number of nitrogens with zero attached hydrogens (tertiary/aromatic N) is 3. The maximum absolute atomic E-state index is 6.03. The number of hydrogen-bond donors (Lipinski definition) is 0. The maximum Gasteiger partial charge on any atom is 0.140 e. The molecule has 1 aliphatic rings. The van der Waals surface area contributed by atoms with Crippen molar-refractivity contribution in [2.24, 2.45) is 0 Å². The highest BCUT2D eigenvalue weighted by molar-refractivity contribution is 7.98. The molecule has 3 rings (SSSR count). The number of hydrogen-bond acceptors (Lipinski definition) is 4. The van der Waals surface area contributed by atoms with Gasteiger partial charge in [0.25, 0.3) is 0 Å². The van der Waals surface area contributed by atoms with Gasteiger partial charge in [0.05, 0.1) is 5.52 Å². The van der Waals surface area contributed by atoms with Gasteiger partial charge in [0.2, 0.25) is 0 Å². The van der Waals surface area contributed by atoms with Gasteiger partial charge in [-0.25, -0.2) is 9.97 Å². The van der Waals surface area contributed by atoms with Gasteiger partial charge in [-0.2, -0.15) is 11.8 Å². The summed E-state index contributed by atoms with van der Waals surface area (Å²) in [4.78, 5) is 11.3. The van der Waals surface area contributed by atoms with Crippen molar-refractivity contribution in [3.63, 3.8) is 0 Å². The van der Waals surface area contributed by atoms with Gasteiger partial charge < -0.3 is 4.90 Å². The summed E-state index contributed by atoms with van der Waals surface area (Å²) in [6.07, 6.45) is 6.29. The zero-order valence-corrected chi connectivity index (χ0v) is 12.4. The topological polar surface area (TPSA) is 29.0 Å². The zero-order valence-electron chi connectivity index (χ0n) is 10.8. The molecule has 1 aromatic heterocycles. The molecule has 0 bridgehead atoms. The molecule has 3 nitrogen and oxygen atoms in total. The molecule has 1 saturated heterocycles. The normalized spacial score (nSPS) is 19.3. The Balaban J connectivity index is 2.04. The fourth-order valence-electron chi connectivity index (χ4n) is 2.73. The lowest BCUT2D eigenvalue weighted by Crippen LogP contribution is -2.32. The summed E-state index contributed by atoms with van der Waals surface area (Å²) in [6.45, 7) is 1.08. The van der Waals surface area contributed by atoms with E-state index >= 15 is 0 Å². The Bertz CT molecular complexity index is 590. The lowest BCUT2D eigenvalue weighted by Gasteiger charge is -2.26. The van der Waals surface area contributed by atoms with Crippen molar-refractivity contribution in [1.29, 1.82) is 0 Å². The van der Waals surface area contributed by atoms with Crippen LogP contribution in [0.15, 0.2) is 24.5 Å². The summed E-state index contributed by atoms with van der Waals surface area (Å²) < 4.78 is 0. The second-order valence-electron chi connectivity index (χ2n) is 4.80. The van der Waals surface area contributed by atoms with Crippen LogP contribution < -0.4 is 4.90 Å². The Kier molecular flexibility index (Phi) is 3.80. The highest BCUT2D eigenvalue weighted by Gasteiger charge is 2.26. The van der Waals surface area contributed by atoms with Gasteiger partial charge in [0.15, 0.2) is 0 Å². The number of anilines is 1. The average molecular weight is 294 g/mol. The summed E-state index contributed by atoms with van der Waals surface area (Å²) in [6, 6.07) is 6.43. The Labute approximate surface area is 122 Å². The van der Waals surface area contributed by atoms with Crippen molar-refractivity contribution >= 4 is 40.1 Å². The molecule has 1 aliphatic heterocycles. The van der Waals surface area contributed by atoms with Crippen LogP contribution in [0.1, 0.15) is 12.8 Å². The third kappa shape index (κ3) is 2.51. The van der Waals surface area contributed by atoms with Gasteiger partial charge in [-0.15, -0.1) is 0 Å². The number of fused-ring (bicyclic) bond motifs is 1. The van der Waals surface area contributed by atoms with Crippen molar-refractivity contribution in [2.75, 3.05) is 23.5 Å². The van der Waals surface area contributed by atoms with Crippen molar-refractivity contribution in [1.82, 2.24) is 9.97 Å². The van der Waals surface area contributed by atoms with Crippen LogP contribution in [-0.2, 0) is 0 Å². The Hall–Kier alpha value is -1.00. The quantitative estimate of drug-likeness (QED) is 0.864. The second-order valence-corrected chi connectivity index (χ2v) is 6.15. The molecule has 0 radical (unpaired) electrons. The van der Waals surface area contributed by atoms with Crippen LogP contribution in [0.2, 0.25) is 5.02 Å². The molecule has 0 amide bonds. The van der Waals surface area contributed by atoms with Crippen LogP contribution in [-0.4, -0.2) is 34.6 Å². The highest BCUT2D eigenvalue weighted by atomic mass is 35.5. The Morgan fingerprint density at radius 1 is 1.42 bits per heavy atom. The van der Waals surface area contributed by atoms with E-state index in [9.17, 15) is 0 Å². The van der Waals surface area contributed by atoms with Gasteiger partial charge in [-0.05, 0) is 37.3 Å². The van der Waals surface area contributed by atoms with Crippen molar-refractivity contribution in [3.05, 3.63) is 29.5 Å². The monoisotopic (exact) mass is 293 g/mol. The molecule has 0 N–H and O–H groups in total. The standard InChI is InChI=1S/C14H16ClN3S/c1-19-8-11-3-2-6-18(11)14-12-5-4-10(15)7-13(12)16-9-17-14/h4-5,7,9,11H,2-3,6,8H2,1H3. The Morgan fingerprint density at radius 3 is 3.16 bits per heavy atom. The first-order valence-electron chi connectivity index (χ1n) is 6.45. The summed E-state index contributed by atoms with van der Waals surface area (Å²) >= 11 is 7.93. The van der Waals surface area contributed by atoms with Crippen molar-refractivity contribution in [2.45, 2.75) is 18.9 Å². The average Bonchev–Trinajstić information content (AvgIpc) is 2.86. The summed E-state index contributed by atoms with van der Waals surface area (Å²) in [7, 11) is 0. The van der Waals surface area contributed by atoms with Crippen LogP contribution in [0, 0.1) is 0 Å². The molecule has 0 spiro atoms. The van der Waals surface area contributed by atoms with Gasteiger partial charge >= 0.3 is 0 Å². The van der Waals surface area contributed by atoms with Gasteiger partial charge in [0.1, 0.15) is 12.1 Å². The predicted molar refractivity (Wildman–Crippen MR) is 83.3 cm³/mol. The lowest BCUT2D eigenvalue weighted by atomic mass is 10.2. The SMILES string of the molecule is CSCC1CCCN1c1ncnc2cc(Cl)ccc12. The van der Waals surface area contributed by atoms with Crippen molar-refractivity contribution in [3.8, 4) is 0 Å². The molecule has 1 unspecified atom stereocenters. The summed E-state index contributed by atoms with van der Waals surface area (Å²) in [5.74, 6) is 2.21. The van der Waals surface area contributed by atoms with E-state index in [-0.39, 0.29) is 0 Å². The molecule has 100 valence electrons. The van der Waals surface area contributed by atoms with E-state index in [1.165, 1.54) is 12.8 Å². The molecule has 5 heteroatoms. The molecule has 0 aliphatic carbocycles. The fourth-order valence-corrected chi connectivity index (χ4v) is 3.62. The van der Waals surface area contributed by atoms with Crippen LogP contribution in [0.25, 0.3) is 10.9 Å². The van der Waals surface area contributed by atoms with Gasteiger partial charge in [-0.1, -0.05) is 11.6 Å². The molecule has 2 heterocycles. The van der Waals surface area contributed by atoms with Crippen LogP contribution in [0.4, 0.5) is 5.82 Å². The van der Waals surface area contributed by atoms with Crippen LogP contribution >= 0.6 is 23.4 Å². The molecule has 2 aromatic rings. The van der Waals surface area contributed by atoms with E-state index in [0.29, 0.717) is 6.04 Å². The molecular weight excluding hydrogens is 278 g/mol. The van der Waals surface area contributed by atoms with Crippen LogP contribution in [0.3, 0.4) is 0 Å². The third-order valence-corrected chi connectivity index (χ3v) is 4.54. The largest absolute Gasteiger partial charge is 0.352 e. The lowest BCUT2D eigenvalue weighted by molar-refractivity contribution is 0.739. The first kappa shape index (κ1) is 13.0.